The van der Waals surface area contributed by atoms with Crippen LogP contribution >= 0.6 is 11.6 Å². The number of benzene rings is 1. The molecule has 1 nitrogen and oxygen atoms in total. The van der Waals surface area contributed by atoms with Crippen molar-refractivity contribution in [1.29, 1.82) is 0 Å². The highest BCUT2D eigenvalue weighted by Crippen LogP contribution is 2.18. The average molecular weight is 337 g/mol. The van der Waals surface area contributed by atoms with E-state index in [1.807, 2.05) is 25.1 Å². The van der Waals surface area contributed by atoms with Crippen LogP contribution < -0.4 is 0 Å². The third kappa shape index (κ3) is 9.15. The van der Waals surface area contributed by atoms with Crippen molar-refractivity contribution in [2.24, 2.45) is 0 Å². The van der Waals surface area contributed by atoms with Crippen molar-refractivity contribution in [3.05, 3.63) is 34.3 Å². The zero-order valence-electron chi connectivity index (χ0n) is 15.0. The molecule has 0 saturated carbocycles. The zero-order valence-corrected chi connectivity index (χ0v) is 15.8. The highest BCUT2D eigenvalue weighted by Gasteiger charge is 2.07. The minimum atomic E-state index is 0.251. The number of aryl methyl sites for hydroxylation is 1. The maximum Gasteiger partial charge on any atom is 0.162 e. The second-order valence-corrected chi connectivity index (χ2v) is 7.08. The van der Waals surface area contributed by atoms with Gasteiger partial charge in [-0.25, -0.2) is 0 Å². The van der Waals surface area contributed by atoms with Gasteiger partial charge >= 0.3 is 0 Å². The van der Waals surface area contributed by atoms with Crippen molar-refractivity contribution in [2.75, 3.05) is 0 Å². The van der Waals surface area contributed by atoms with Gasteiger partial charge in [0.2, 0.25) is 0 Å². The van der Waals surface area contributed by atoms with Gasteiger partial charge < -0.3 is 0 Å². The van der Waals surface area contributed by atoms with E-state index in [9.17, 15) is 4.79 Å². The Morgan fingerprint density at radius 3 is 1.91 bits per heavy atom. The van der Waals surface area contributed by atoms with E-state index in [1.54, 1.807) is 0 Å². The molecule has 0 bridgehead atoms. The Bertz CT molecular complexity index is 453. The predicted molar refractivity (Wildman–Crippen MR) is 102 cm³/mol. The third-order valence-electron chi connectivity index (χ3n) is 4.49. The monoisotopic (exact) mass is 336 g/mol. The molecule has 0 aliphatic heterocycles. The molecule has 0 atom stereocenters. The Morgan fingerprint density at radius 2 is 1.39 bits per heavy atom. The molecule has 0 aliphatic carbocycles. The molecule has 0 unspecified atom stereocenters. The fourth-order valence-corrected chi connectivity index (χ4v) is 3.03. The van der Waals surface area contributed by atoms with Crippen LogP contribution in [0.25, 0.3) is 0 Å². The lowest BCUT2D eigenvalue weighted by atomic mass is 10.0. The fourth-order valence-electron chi connectivity index (χ4n) is 2.91. The van der Waals surface area contributed by atoms with Gasteiger partial charge in [0, 0.05) is 17.0 Å². The van der Waals surface area contributed by atoms with Gasteiger partial charge in [0.1, 0.15) is 0 Å². The van der Waals surface area contributed by atoms with Crippen LogP contribution in [0.1, 0.15) is 99.9 Å². The molecular formula is C21H33ClO. The largest absolute Gasteiger partial charge is 0.294 e. The number of unbranched alkanes of at least 4 members (excludes halogenated alkanes) is 10. The van der Waals surface area contributed by atoms with E-state index < -0.39 is 0 Å². The Labute approximate surface area is 147 Å². The molecule has 0 fully saturated rings. The minimum Gasteiger partial charge on any atom is -0.294 e. The van der Waals surface area contributed by atoms with Gasteiger partial charge in [0.25, 0.3) is 0 Å². The summed E-state index contributed by atoms with van der Waals surface area (Å²) in [6.07, 6.45) is 15.1. The lowest BCUT2D eigenvalue weighted by Gasteiger charge is -2.04. The van der Waals surface area contributed by atoms with E-state index in [0.29, 0.717) is 6.42 Å². The van der Waals surface area contributed by atoms with Gasteiger partial charge in [0.15, 0.2) is 5.78 Å². The molecule has 0 spiro atoms. The van der Waals surface area contributed by atoms with Gasteiger partial charge in [-0.05, 0) is 37.1 Å². The van der Waals surface area contributed by atoms with Gasteiger partial charge in [-0.3, -0.25) is 4.79 Å². The third-order valence-corrected chi connectivity index (χ3v) is 4.91. The molecule has 23 heavy (non-hydrogen) atoms. The first-order valence-corrected chi connectivity index (χ1v) is 9.82. The summed E-state index contributed by atoms with van der Waals surface area (Å²) in [6, 6.07) is 5.57. The van der Waals surface area contributed by atoms with E-state index in [0.717, 1.165) is 22.6 Å². The van der Waals surface area contributed by atoms with Crippen molar-refractivity contribution in [3.63, 3.8) is 0 Å². The molecule has 1 rings (SSSR count). The van der Waals surface area contributed by atoms with E-state index in [-0.39, 0.29) is 5.78 Å². The van der Waals surface area contributed by atoms with Gasteiger partial charge in [-0.1, -0.05) is 82.7 Å². The van der Waals surface area contributed by atoms with Crippen LogP contribution in [0, 0.1) is 6.92 Å². The number of carbonyl (C=O) groups excluding carboxylic acids is 1. The fraction of sp³-hybridized carbons (Fsp3) is 0.667. The van der Waals surface area contributed by atoms with Crippen molar-refractivity contribution >= 4 is 17.4 Å². The van der Waals surface area contributed by atoms with Crippen LogP contribution in [0.4, 0.5) is 0 Å². The van der Waals surface area contributed by atoms with Crippen LogP contribution in [0.15, 0.2) is 18.2 Å². The summed E-state index contributed by atoms with van der Waals surface area (Å²) < 4.78 is 0. The van der Waals surface area contributed by atoms with Crippen LogP contribution in [0.2, 0.25) is 5.02 Å². The average Bonchev–Trinajstić information content (AvgIpc) is 2.55. The number of hydrogen-bond acceptors (Lipinski definition) is 1. The highest BCUT2D eigenvalue weighted by molar-refractivity contribution is 6.31. The Hall–Kier alpha value is -0.820. The van der Waals surface area contributed by atoms with Gasteiger partial charge in [0.05, 0.1) is 0 Å². The highest BCUT2D eigenvalue weighted by atomic mass is 35.5. The van der Waals surface area contributed by atoms with Crippen LogP contribution in [0.3, 0.4) is 0 Å². The summed E-state index contributed by atoms with van der Waals surface area (Å²) in [7, 11) is 0. The second-order valence-electron chi connectivity index (χ2n) is 6.67. The summed E-state index contributed by atoms with van der Waals surface area (Å²) in [5, 5.41) is 0.733. The predicted octanol–water partition coefficient (Wildman–Crippen LogP) is 7.53. The second kappa shape index (κ2) is 12.6. The molecular weight excluding hydrogens is 304 g/mol. The summed E-state index contributed by atoms with van der Waals surface area (Å²) in [5.74, 6) is 0.251. The normalized spacial score (nSPS) is 10.9. The quantitative estimate of drug-likeness (QED) is 0.268. The van der Waals surface area contributed by atoms with E-state index >= 15 is 0 Å². The van der Waals surface area contributed by atoms with Crippen molar-refractivity contribution < 1.29 is 4.79 Å². The van der Waals surface area contributed by atoms with Crippen molar-refractivity contribution in [2.45, 2.75) is 90.9 Å². The smallest absolute Gasteiger partial charge is 0.162 e. The molecule has 130 valence electrons. The molecule has 0 aliphatic rings. The van der Waals surface area contributed by atoms with E-state index in [1.165, 1.54) is 64.2 Å². The summed E-state index contributed by atoms with van der Waals surface area (Å²) in [5.41, 5.74) is 1.79. The standard InChI is InChI=1S/C21H33ClO/c1-3-4-5-6-7-8-9-10-11-12-13-14-21(23)19-15-16-20(22)18(2)17-19/h15-17H,3-14H2,1-2H3. The molecule has 0 radical (unpaired) electrons. The topological polar surface area (TPSA) is 17.1 Å². The lowest BCUT2D eigenvalue weighted by molar-refractivity contribution is 0.0979. The molecule has 0 amide bonds. The molecule has 1 aromatic rings. The zero-order chi connectivity index (χ0) is 16.9. The lowest BCUT2D eigenvalue weighted by Crippen LogP contribution is -1.99. The first-order valence-electron chi connectivity index (χ1n) is 9.44. The molecule has 1 aromatic carbocycles. The molecule has 0 aromatic heterocycles. The number of carbonyl (C=O) groups is 1. The number of rotatable bonds is 13. The number of Topliss-reactive ketones (excluding diaryl/α,β-unsaturated/α-hetero) is 1. The summed E-state index contributed by atoms with van der Waals surface area (Å²) in [6.45, 7) is 4.21. The van der Waals surface area contributed by atoms with E-state index in [4.69, 9.17) is 11.6 Å². The maximum absolute atomic E-state index is 12.1. The minimum absolute atomic E-state index is 0.251. The first kappa shape index (κ1) is 20.2. The van der Waals surface area contributed by atoms with E-state index in [2.05, 4.69) is 6.92 Å². The first-order chi connectivity index (χ1) is 11.1. The van der Waals surface area contributed by atoms with Gasteiger partial charge in [-0.2, -0.15) is 0 Å². The Balaban J connectivity index is 2.00. The van der Waals surface area contributed by atoms with Crippen LogP contribution in [-0.4, -0.2) is 5.78 Å². The SMILES string of the molecule is CCCCCCCCCCCCCC(=O)c1ccc(Cl)c(C)c1. The maximum atomic E-state index is 12.1. The number of hydrogen-bond donors (Lipinski definition) is 0. The Morgan fingerprint density at radius 1 is 0.870 bits per heavy atom. The van der Waals surface area contributed by atoms with Crippen molar-refractivity contribution in [1.82, 2.24) is 0 Å². The van der Waals surface area contributed by atoms with Gasteiger partial charge in [-0.15, -0.1) is 0 Å². The Kier molecular flexibility index (Phi) is 11.1. The van der Waals surface area contributed by atoms with Crippen LogP contribution in [-0.2, 0) is 0 Å². The molecule has 0 N–H and O–H groups in total. The molecule has 0 saturated heterocycles. The summed E-state index contributed by atoms with van der Waals surface area (Å²) >= 11 is 6.00. The summed E-state index contributed by atoms with van der Waals surface area (Å²) in [4.78, 5) is 12.1. The van der Waals surface area contributed by atoms with Crippen molar-refractivity contribution in [3.8, 4) is 0 Å². The van der Waals surface area contributed by atoms with Crippen LogP contribution in [0.5, 0.6) is 0 Å². The molecule has 2 heteroatoms. The number of ketones is 1. The number of halogens is 1. The molecule has 0 heterocycles.